The SMILES string of the molecule is CC(=O)c1ccc(S(=O)(=O)NCc2ccc(C(=O)Nc3ccc(F)c(Cl)c3)cc2)cc1. The highest BCUT2D eigenvalue weighted by atomic mass is 35.5. The molecule has 0 heterocycles. The molecule has 9 heteroatoms. The number of hydrogen-bond acceptors (Lipinski definition) is 4. The Morgan fingerprint density at radius 2 is 1.55 bits per heavy atom. The molecule has 0 atom stereocenters. The molecule has 3 aromatic carbocycles. The summed E-state index contributed by atoms with van der Waals surface area (Å²) in [6.07, 6.45) is 0. The van der Waals surface area contributed by atoms with E-state index in [1.54, 1.807) is 24.3 Å². The van der Waals surface area contributed by atoms with Crippen LogP contribution in [-0.4, -0.2) is 20.1 Å². The number of benzene rings is 3. The van der Waals surface area contributed by atoms with Crippen LogP contribution in [0, 0.1) is 5.82 Å². The molecule has 1 amide bonds. The number of anilines is 1. The number of Topliss-reactive ketones (excluding diaryl/α,β-unsaturated/α-hetero) is 1. The first-order valence-corrected chi connectivity index (χ1v) is 11.0. The fourth-order valence-corrected chi connectivity index (χ4v) is 3.88. The number of ketones is 1. The van der Waals surface area contributed by atoms with Gasteiger partial charge in [-0.1, -0.05) is 35.9 Å². The van der Waals surface area contributed by atoms with Gasteiger partial charge >= 0.3 is 0 Å². The molecular formula is C22H18ClFN2O4S. The van der Waals surface area contributed by atoms with Crippen molar-refractivity contribution in [3.63, 3.8) is 0 Å². The molecule has 0 saturated heterocycles. The average Bonchev–Trinajstić information content (AvgIpc) is 2.75. The first-order chi connectivity index (χ1) is 14.7. The molecule has 2 N–H and O–H groups in total. The zero-order valence-electron chi connectivity index (χ0n) is 16.4. The number of rotatable bonds is 7. The quantitative estimate of drug-likeness (QED) is 0.511. The summed E-state index contributed by atoms with van der Waals surface area (Å²) in [5, 5.41) is 2.51. The van der Waals surface area contributed by atoms with Crippen LogP contribution >= 0.6 is 11.6 Å². The van der Waals surface area contributed by atoms with E-state index < -0.39 is 21.7 Å². The lowest BCUT2D eigenvalue weighted by molar-refractivity contribution is 0.101. The van der Waals surface area contributed by atoms with Gasteiger partial charge in [0.25, 0.3) is 5.91 Å². The highest BCUT2D eigenvalue weighted by Gasteiger charge is 2.14. The van der Waals surface area contributed by atoms with Gasteiger partial charge in [-0.05, 0) is 55.0 Å². The summed E-state index contributed by atoms with van der Waals surface area (Å²) in [7, 11) is -3.76. The van der Waals surface area contributed by atoms with Crippen LogP contribution in [0.25, 0.3) is 0 Å². The van der Waals surface area contributed by atoms with Crippen molar-refractivity contribution in [2.75, 3.05) is 5.32 Å². The Morgan fingerprint density at radius 3 is 2.13 bits per heavy atom. The second-order valence-electron chi connectivity index (χ2n) is 6.69. The Morgan fingerprint density at radius 1 is 0.935 bits per heavy atom. The Hall–Kier alpha value is -3.07. The Labute approximate surface area is 184 Å². The maximum absolute atomic E-state index is 13.2. The topological polar surface area (TPSA) is 92.3 Å². The van der Waals surface area contributed by atoms with Gasteiger partial charge in [-0.2, -0.15) is 0 Å². The van der Waals surface area contributed by atoms with Gasteiger partial charge < -0.3 is 5.32 Å². The predicted octanol–water partition coefficient (Wildman–Crippen LogP) is 4.41. The number of sulfonamides is 1. The number of amides is 1. The summed E-state index contributed by atoms with van der Waals surface area (Å²) in [5.41, 5.74) is 1.76. The van der Waals surface area contributed by atoms with Crippen LogP contribution in [0.5, 0.6) is 0 Å². The number of hydrogen-bond donors (Lipinski definition) is 2. The van der Waals surface area contributed by atoms with Crippen LogP contribution in [0.3, 0.4) is 0 Å². The van der Waals surface area contributed by atoms with E-state index in [2.05, 4.69) is 10.0 Å². The van der Waals surface area contributed by atoms with E-state index in [1.165, 1.54) is 43.3 Å². The smallest absolute Gasteiger partial charge is 0.255 e. The van der Waals surface area contributed by atoms with E-state index in [9.17, 15) is 22.4 Å². The molecular weight excluding hydrogens is 443 g/mol. The lowest BCUT2D eigenvalue weighted by atomic mass is 10.1. The third kappa shape index (κ3) is 5.75. The molecule has 0 bridgehead atoms. The van der Waals surface area contributed by atoms with Crippen molar-refractivity contribution in [1.29, 1.82) is 0 Å². The Bertz CT molecular complexity index is 1230. The van der Waals surface area contributed by atoms with Crippen molar-refractivity contribution >= 4 is 39.0 Å². The monoisotopic (exact) mass is 460 g/mol. The molecule has 6 nitrogen and oxygen atoms in total. The van der Waals surface area contributed by atoms with Gasteiger partial charge in [0.1, 0.15) is 5.82 Å². The Kier molecular flexibility index (Phi) is 6.84. The van der Waals surface area contributed by atoms with Gasteiger partial charge in [0.2, 0.25) is 10.0 Å². The molecule has 0 saturated carbocycles. The van der Waals surface area contributed by atoms with Gasteiger partial charge in [-0.25, -0.2) is 17.5 Å². The van der Waals surface area contributed by atoms with Crippen LogP contribution in [0.1, 0.15) is 33.2 Å². The summed E-state index contributed by atoms with van der Waals surface area (Å²) in [4.78, 5) is 23.7. The van der Waals surface area contributed by atoms with E-state index in [1.807, 2.05) is 0 Å². The van der Waals surface area contributed by atoms with Gasteiger partial charge in [-0.3, -0.25) is 9.59 Å². The zero-order chi connectivity index (χ0) is 22.6. The normalized spacial score (nSPS) is 11.2. The van der Waals surface area contributed by atoms with Gasteiger partial charge in [0.05, 0.1) is 9.92 Å². The van der Waals surface area contributed by atoms with Gasteiger partial charge in [-0.15, -0.1) is 0 Å². The minimum absolute atomic E-state index is 0.0201. The van der Waals surface area contributed by atoms with E-state index in [4.69, 9.17) is 11.6 Å². The fourth-order valence-electron chi connectivity index (χ4n) is 2.68. The molecule has 0 aromatic heterocycles. The van der Waals surface area contributed by atoms with E-state index >= 15 is 0 Å². The van der Waals surface area contributed by atoms with Crippen LogP contribution < -0.4 is 10.0 Å². The van der Waals surface area contributed by atoms with E-state index in [0.717, 1.165) is 6.07 Å². The number of carbonyl (C=O) groups excluding carboxylic acids is 2. The standard InChI is InChI=1S/C22H18ClFN2O4S/c1-14(27)16-6-9-19(10-7-16)31(29,30)25-13-15-2-4-17(5-3-15)22(28)26-18-8-11-21(24)20(23)12-18/h2-12,25H,13H2,1H3,(H,26,28). The van der Waals surface area contributed by atoms with Crippen molar-refractivity contribution in [3.05, 3.63) is 94.3 Å². The van der Waals surface area contributed by atoms with Gasteiger partial charge in [0, 0.05) is 23.4 Å². The third-order valence-corrected chi connectivity index (χ3v) is 6.14. The number of nitrogens with one attached hydrogen (secondary N) is 2. The van der Waals surface area contributed by atoms with Crippen LogP contribution in [-0.2, 0) is 16.6 Å². The molecule has 0 aliphatic carbocycles. The molecule has 3 aromatic rings. The van der Waals surface area contributed by atoms with Crippen molar-refractivity contribution in [3.8, 4) is 0 Å². The number of carbonyl (C=O) groups is 2. The summed E-state index contributed by atoms with van der Waals surface area (Å²) in [6, 6.07) is 15.8. The lowest BCUT2D eigenvalue weighted by Crippen LogP contribution is -2.23. The predicted molar refractivity (Wildman–Crippen MR) is 116 cm³/mol. The minimum Gasteiger partial charge on any atom is -0.322 e. The maximum atomic E-state index is 13.2. The van der Waals surface area contributed by atoms with Crippen molar-refractivity contribution in [2.24, 2.45) is 0 Å². The molecule has 3 rings (SSSR count). The summed E-state index contributed by atoms with van der Waals surface area (Å²) >= 11 is 5.70. The van der Waals surface area contributed by atoms with Crippen molar-refractivity contribution in [1.82, 2.24) is 4.72 Å². The van der Waals surface area contributed by atoms with Gasteiger partial charge in [0.15, 0.2) is 5.78 Å². The van der Waals surface area contributed by atoms with E-state index in [-0.39, 0.29) is 22.2 Å². The molecule has 0 radical (unpaired) electrons. The molecule has 0 spiro atoms. The summed E-state index contributed by atoms with van der Waals surface area (Å²) < 4.78 is 40.5. The lowest BCUT2D eigenvalue weighted by Gasteiger charge is -2.09. The highest BCUT2D eigenvalue weighted by Crippen LogP contribution is 2.20. The largest absolute Gasteiger partial charge is 0.322 e. The van der Waals surface area contributed by atoms with Crippen LogP contribution in [0.15, 0.2) is 71.6 Å². The summed E-state index contributed by atoms with van der Waals surface area (Å²) in [5.74, 6) is -1.15. The second kappa shape index (κ2) is 9.38. The first-order valence-electron chi connectivity index (χ1n) is 9.12. The molecule has 0 aliphatic rings. The zero-order valence-corrected chi connectivity index (χ0v) is 17.9. The third-order valence-electron chi connectivity index (χ3n) is 4.43. The number of halogens is 2. The first kappa shape index (κ1) is 22.6. The highest BCUT2D eigenvalue weighted by molar-refractivity contribution is 7.89. The Balaban J connectivity index is 1.62. The van der Waals surface area contributed by atoms with Crippen molar-refractivity contribution in [2.45, 2.75) is 18.4 Å². The molecule has 160 valence electrons. The fraction of sp³-hybridized carbons (Fsp3) is 0.0909. The maximum Gasteiger partial charge on any atom is 0.255 e. The summed E-state index contributed by atoms with van der Waals surface area (Å²) in [6.45, 7) is 1.42. The molecule has 0 fully saturated rings. The second-order valence-corrected chi connectivity index (χ2v) is 8.86. The van der Waals surface area contributed by atoms with Crippen molar-refractivity contribution < 1.29 is 22.4 Å². The van der Waals surface area contributed by atoms with Crippen LogP contribution in [0.4, 0.5) is 10.1 Å². The van der Waals surface area contributed by atoms with E-state index in [0.29, 0.717) is 22.4 Å². The van der Waals surface area contributed by atoms with Crippen LogP contribution in [0.2, 0.25) is 5.02 Å². The molecule has 0 unspecified atom stereocenters. The molecule has 31 heavy (non-hydrogen) atoms. The molecule has 0 aliphatic heterocycles. The average molecular weight is 461 g/mol. The minimum atomic E-state index is -3.76.